The van der Waals surface area contributed by atoms with E-state index in [1.807, 2.05) is 32.0 Å². The molecule has 0 spiro atoms. The van der Waals surface area contributed by atoms with Gasteiger partial charge in [-0.05, 0) is 31.5 Å². The number of nitrogens with one attached hydrogen (secondary N) is 2. The van der Waals surface area contributed by atoms with E-state index in [1.54, 1.807) is 6.07 Å². The minimum atomic E-state index is -0.577. The average molecular weight is 361 g/mol. The van der Waals surface area contributed by atoms with E-state index in [1.165, 1.54) is 18.3 Å². The van der Waals surface area contributed by atoms with Crippen LogP contribution in [0.25, 0.3) is 0 Å². The number of nitrogens with zero attached hydrogens (tertiary/aromatic N) is 2. The zero-order valence-electron chi connectivity index (χ0n) is 13.7. The van der Waals surface area contributed by atoms with Gasteiger partial charge in [0.15, 0.2) is 0 Å². The van der Waals surface area contributed by atoms with E-state index in [4.69, 9.17) is 11.6 Å². The van der Waals surface area contributed by atoms with Crippen LogP contribution in [0.15, 0.2) is 41.5 Å². The predicted molar refractivity (Wildman–Crippen MR) is 98.2 cm³/mol. The number of hydrazone groups is 1. The second-order valence-electron chi connectivity index (χ2n) is 5.43. The fraction of sp³-hybridized carbons (Fsp3) is 0.176. The first-order valence-corrected chi connectivity index (χ1v) is 7.81. The molecule has 0 aliphatic heterocycles. The van der Waals surface area contributed by atoms with Crippen LogP contribution in [-0.4, -0.2) is 23.6 Å². The zero-order chi connectivity index (χ0) is 18.4. The van der Waals surface area contributed by atoms with E-state index >= 15 is 0 Å². The van der Waals surface area contributed by atoms with Crippen LogP contribution in [0.4, 0.5) is 11.4 Å². The molecule has 7 nitrogen and oxygen atoms in total. The second-order valence-corrected chi connectivity index (χ2v) is 5.84. The second kappa shape index (κ2) is 8.25. The summed E-state index contributed by atoms with van der Waals surface area (Å²) in [6.45, 7) is 4.01. The number of hydrogen-bond acceptors (Lipinski definition) is 5. The molecule has 0 saturated heterocycles. The van der Waals surface area contributed by atoms with Crippen LogP contribution in [0, 0.1) is 24.0 Å². The summed E-state index contributed by atoms with van der Waals surface area (Å²) in [6.07, 6.45) is 1.32. The lowest BCUT2D eigenvalue weighted by Gasteiger charge is -2.09. The largest absolute Gasteiger partial charge is 0.376 e. The summed E-state index contributed by atoms with van der Waals surface area (Å²) in [4.78, 5) is 22.0. The minimum Gasteiger partial charge on any atom is -0.376 e. The Labute approximate surface area is 149 Å². The number of rotatable bonds is 6. The first kappa shape index (κ1) is 18.4. The quantitative estimate of drug-likeness (QED) is 0.468. The maximum absolute atomic E-state index is 11.8. The Kier molecular flexibility index (Phi) is 6.08. The summed E-state index contributed by atoms with van der Waals surface area (Å²) in [7, 11) is 0. The van der Waals surface area contributed by atoms with Crippen molar-refractivity contribution in [2.45, 2.75) is 13.8 Å². The highest BCUT2D eigenvalue weighted by Crippen LogP contribution is 2.24. The average Bonchev–Trinajstić information content (AvgIpc) is 2.55. The SMILES string of the molecule is Cc1ccc(NCC(=O)N/N=C/c2ccc(Cl)c([N+](=O)[O-])c2)c(C)c1. The van der Waals surface area contributed by atoms with Gasteiger partial charge in [-0.25, -0.2) is 5.43 Å². The number of aryl methyl sites for hydroxylation is 2. The molecular weight excluding hydrogens is 344 g/mol. The molecule has 0 bridgehead atoms. The van der Waals surface area contributed by atoms with Crippen molar-refractivity contribution >= 4 is 35.1 Å². The maximum atomic E-state index is 11.8. The summed E-state index contributed by atoms with van der Waals surface area (Å²) in [5, 5.41) is 17.7. The van der Waals surface area contributed by atoms with E-state index in [0.717, 1.165) is 16.8 Å². The fourth-order valence-corrected chi connectivity index (χ4v) is 2.34. The Morgan fingerprint density at radius 2 is 2.04 bits per heavy atom. The zero-order valence-corrected chi connectivity index (χ0v) is 14.5. The number of nitro groups is 1. The van der Waals surface area contributed by atoms with Crippen LogP contribution >= 0.6 is 11.6 Å². The van der Waals surface area contributed by atoms with E-state index in [9.17, 15) is 14.9 Å². The number of anilines is 1. The van der Waals surface area contributed by atoms with Gasteiger partial charge < -0.3 is 5.32 Å². The van der Waals surface area contributed by atoms with Crippen molar-refractivity contribution in [2.24, 2.45) is 5.10 Å². The van der Waals surface area contributed by atoms with Gasteiger partial charge in [-0.1, -0.05) is 35.4 Å². The Hall–Kier alpha value is -2.93. The summed E-state index contributed by atoms with van der Waals surface area (Å²) >= 11 is 5.73. The number of benzene rings is 2. The van der Waals surface area contributed by atoms with E-state index in [-0.39, 0.29) is 23.2 Å². The number of halogens is 1. The molecule has 0 heterocycles. The van der Waals surface area contributed by atoms with Crippen LogP contribution in [0.1, 0.15) is 16.7 Å². The lowest BCUT2D eigenvalue weighted by atomic mass is 10.1. The van der Waals surface area contributed by atoms with Crippen molar-refractivity contribution in [1.82, 2.24) is 5.43 Å². The molecule has 0 aliphatic carbocycles. The van der Waals surface area contributed by atoms with Crippen molar-refractivity contribution in [3.8, 4) is 0 Å². The van der Waals surface area contributed by atoms with E-state index in [0.29, 0.717) is 5.56 Å². The maximum Gasteiger partial charge on any atom is 0.288 e. The lowest BCUT2D eigenvalue weighted by molar-refractivity contribution is -0.384. The smallest absolute Gasteiger partial charge is 0.288 e. The predicted octanol–water partition coefficient (Wildman–Crippen LogP) is 3.43. The number of amides is 1. The number of carbonyl (C=O) groups is 1. The summed E-state index contributed by atoms with van der Waals surface area (Å²) < 4.78 is 0. The monoisotopic (exact) mass is 360 g/mol. The Balaban J connectivity index is 1.90. The minimum absolute atomic E-state index is 0.0452. The molecule has 0 unspecified atom stereocenters. The van der Waals surface area contributed by atoms with Gasteiger partial charge in [0.1, 0.15) is 5.02 Å². The van der Waals surface area contributed by atoms with Crippen LogP contribution in [0.2, 0.25) is 5.02 Å². The van der Waals surface area contributed by atoms with Gasteiger partial charge in [-0.3, -0.25) is 14.9 Å². The van der Waals surface area contributed by atoms with Gasteiger partial charge in [-0.2, -0.15) is 5.10 Å². The third kappa shape index (κ3) is 5.29. The lowest BCUT2D eigenvalue weighted by Crippen LogP contribution is -2.26. The van der Waals surface area contributed by atoms with Gasteiger partial charge in [-0.15, -0.1) is 0 Å². The van der Waals surface area contributed by atoms with Gasteiger partial charge in [0.25, 0.3) is 11.6 Å². The highest BCUT2D eigenvalue weighted by Gasteiger charge is 2.11. The third-order valence-corrected chi connectivity index (χ3v) is 3.71. The van der Waals surface area contributed by atoms with Crippen molar-refractivity contribution < 1.29 is 9.72 Å². The van der Waals surface area contributed by atoms with E-state index in [2.05, 4.69) is 15.8 Å². The molecule has 25 heavy (non-hydrogen) atoms. The molecule has 1 amide bonds. The molecule has 0 radical (unpaired) electrons. The first-order chi connectivity index (χ1) is 11.9. The molecule has 0 fully saturated rings. The summed E-state index contributed by atoms with van der Waals surface area (Å²) in [5.41, 5.74) is 5.67. The number of nitro benzene ring substituents is 1. The molecule has 0 saturated carbocycles. The molecule has 8 heteroatoms. The van der Waals surface area contributed by atoms with Crippen LogP contribution in [0.3, 0.4) is 0 Å². The molecule has 2 aromatic carbocycles. The van der Waals surface area contributed by atoms with Gasteiger partial charge >= 0.3 is 0 Å². The number of hydrogen-bond donors (Lipinski definition) is 2. The van der Waals surface area contributed by atoms with Crippen molar-refractivity contribution in [2.75, 3.05) is 11.9 Å². The van der Waals surface area contributed by atoms with Gasteiger partial charge in [0.2, 0.25) is 0 Å². The standard InChI is InChI=1S/C17H17ClN4O3/c1-11-3-6-15(12(2)7-11)19-10-17(23)21-20-9-13-4-5-14(18)16(8-13)22(24)25/h3-9,19H,10H2,1-2H3,(H,21,23)/b20-9+. The highest BCUT2D eigenvalue weighted by molar-refractivity contribution is 6.32. The van der Waals surface area contributed by atoms with Crippen molar-refractivity contribution in [3.63, 3.8) is 0 Å². The molecular formula is C17H17ClN4O3. The normalized spacial score (nSPS) is 10.7. The fourth-order valence-electron chi connectivity index (χ4n) is 2.16. The van der Waals surface area contributed by atoms with Crippen LogP contribution in [0.5, 0.6) is 0 Å². The molecule has 2 aromatic rings. The van der Waals surface area contributed by atoms with Gasteiger partial charge in [0.05, 0.1) is 17.7 Å². The Bertz CT molecular complexity index is 837. The molecule has 0 aromatic heterocycles. The van der Waals surface area contributed by atoms with Crippen LogP contribution < -0.4 is 10.7 Å². The molecule has 0 aliphatic rings. The van der Waals surface area contributed by atoms with Crippen LogP contribution in [-0.2, 0) is 4.79 Å². The van der Waals surface area contributed by atoms with Crippen molar-refractivity contribution in [3.05, 3.63) is 68.2 Å². The topological polar surface area (TPSA) is 96.6 Å². The molecule has 0 atom stereocenters. The van der Waals surface area contributed by atoms with Crippen molar-refractivity contribution in [1.29, 1.82) is 0 Å². The first-order valence-electron chi connectivity index (χ1n) is 7.44. The molecule has 2 rings (SSSR count). The van der Waals surface area contributed by atoms with Gasteiger partial charge in [0, 0.05) is 17.3 Å². The third-order valence-electron chi connectivity index (χ3n) is 3.39. The highest BCUT2D eigenvalue weighted by atomic mass is 35.5. The molecule has 2 N–H and O–H groups in total. The summed E-state index contributed by atoms with van der Waals surface area (Å²) in [6, 6.07) is 10.1. The Morgan fingerprint density at radius 1 is 1.28 bits per heavy atom. The Morgan fingerprint density at radius 3 is 2.72 bits per heavy atom. The number of carbonyl (C=O) groups excluding carboxylic acids is 1. The van der Waals surface area contributed by atoms with E-state index < -0.39 is 4.92 Å². The molecule has 130 valence electrons. The summed E-state index contributed by atoms with van der Waals surface area (Å²) in [5.74, 6) is -0.334.